The van der Waals surface area contributed by atoms with Crippen LogP contribution in [0.3, 0.4) is 0 Å². The molecule has 0 saturated carbocycles. The summed E-state index contributed by atoms with van der Waals surface area (Å²) in [5.41, 5.74) is 2.60. The maximum atomic E-state index is 11.5. The highest BCUT2D eigenvalue weighted by Gasteiger charge is 2.09. The van der Waals surface area contributed by atoms with E-state index in [4.69, 9.17) is 4.74 Å². The van der Waals surface area contributed by atoms with Gasteiger partial charge in [-0.25, -0.2) is 14.5 Å². The van der Waals surface area contributed by atoms with E-state index in [1.54, 1.807) is 36.3 Å². The average molecular weight is 288 g/mol. The van der Waals surface area contributed by atoms with Crippen molar-refractivity contribution in [2.24, 2.45) is 0 Å². The number of methoxy groups -OCH3 is 1. The number of hydrogen-bond acceptors (Lipinski definition) is 5. The smallest absolute Gasteiger partial charge is 0.237 e. The Kier molecular flexibility index (Phi) is 3.19. The van der Waals surface area contributed by atoms with Crippen molar-refractivity contribution in [3.63, 3.8) is 0 Å². The Hall–Kier alpha value is -2.28. The first-order valence-corrected chi connectivity index (χ1v) is 7.43. The van der Waals surface area contributed by atoms with E-state index in [-0.39, 0.29) is 0 Å². The Bertz CT molecular complexity index is 783. The minimum Gasteiger partial charge on any atom is -0.481 e. The molecule has 0 aliphatic rings. The van der Waals surface area contributed by atoms with E-state index in [0.29, 0.717) is 11.0 Å². The molecule has 3 rings (SSSR count). The summed E-state index contributed by atoms with van der Waals surface area (Å²) in [6, 6.07) is 7.52. The van der Waals surface area contributed by atoms with Gasteiger partial charge in [0.05, 0.1) is 35.3 Å². The molecule has 6 nitrogen and oxygen atoms in total. The zero-order valence-corrected chi connectivity index (χ0v) is 11.8. The molecule has 3 aromatic rings. The standard InChI is InChI=1S/C13H12N4O2S/c1-19-12-6-3-9(7-14-12)11-5-4-10-8-15-13(20(2)18)16-17(10)11/h3-8H,1-2H3. The molecule has 3 aromatic heterocycles. The predicted octanol–water partition coefficient (Wildman–Crippen LogP) is 1.54. The van der Waals surface area contributed by atoms with Gasteiger partial charge in [0.2, 0.25) is 11.0 Å². The van der Waals surface area contributed by atoms with Gasteiger partial charge in [-0.15, -0.1) is 5.10 Å². The van der Waals surface area contributed by atoms with Gasteiger partial charge in [0.1, 0.15) is 0 Å². The quantitative estimate of drug-likeness (QED) is 0.731. The molecule has 7 heteroatoms. The van der Waals surface area contributed by atoms with Crippen LogP contribution in [0.15, 0.2) is 41.8 Å². The normalized spacial score (nSPS) is 12.5. The molecule has 0 aromatic carbocycles. The summed E-state index contributed by atoms with van der Waals surface area (Å²) in [5.74, 6) is 0.555. The third-order valence-corrected chi connectivity index (χ3v) is 3.58. The molecule has 0 bridgehead atoms. The maximum Gasteiger partial charge on any atom is 0.237 e. The Morgan fingerprint density at radius 3 is 2.65 bits per heavy atom. The molecular formula is C13H12N4O2S. The van der Waals surface area contributed by atoms with E-state index in [2.05, 4.69) is 15.1 Å². The second kappa shape index (κ2) is 5.01. The van der Waals surface area contributed by atoms with Crippen LogP contribution < -0.4 is 4.74 Å². The van der Waals surface area contributed by atoms with Crippen LogP contribution >= 0.6 is 0 Å². The minimum atomic E-state index is -1.22. The Labute approximate surface area is 117 Å². The molecule has 0 N–H and O–H groups in total. The van der Waals surface area contributed by atoms with E-state index < -0.39 is 10.8 Å². The van der Waals surface area contributed by atoms with Gasteiger partial charge in [-0.2, -0.15) is 0 Å². The average Bonchev–Trinajstić information content (AvgIpc) is 2.90. The van der Waals surface area contributed by atoms with Crippen LogP contribution in [-0.2, 0) is 10.8 Å². The highest BCUT2D eigenvalue weighted by atomic mass is 32.2. The van der Waals surface area contributed by atoms with Gasteiger partial charge in [-0.3, -0.25) is 4.21 Å². The van der Waals surface area contributed by atoms with E-state index in [9.17, 15) is 4.21 Å². The fourth-order valence-electron chi connectivity index (χ4n) is 1.89. The summed E-state index contributed by atoms with van der Waals surface area (Å²) in [7, 11) is 0.357. The van der Waals surface area contributed by atoms with Crippen LogP contribution in [0.5, 0.6) is 5.88 Å². The number of fused-ring (bicyclic) bond motifs is 1. The number of rotatable bonds is 3. The largest absolute Gasteiger partial charge is 0.481 e. The van der Waals surface area contributed by atoms with Crippen LogP contribution in [0.1, 0.15) is 0 Å². The number of aromatic nitrogens is 4. The van der Waals surface area contributed by atoms with Crippen LogP contribution in [0.25, 0.3) is 16.8 Å². The van der Waals surface area contributed by atoms with Crippen molar-refractivity contribution < 1.29 is 8.95 Å². The van der Waals surface area contributed by atoms with Crippen molar-refractivity contribution in [3.05, 3.63) is 36.7 Å². The fourth-order valence-corrected chi connectivity index (χ4v) is 2.29. The van der Waals surface area contributed by atoms with E-state index >= 15 is 0 Å². The summed E-state index contributed by atoms with van der Waals surface area (Å²) in [4.78, 5) is 8.25. The maximum absolute atomic E-state index is 11.5. The predicted molar refractivity (Wildman–Crippen MR) is 75.1 cm³/mol. The fraction of sp³-hybridized carbons (Fsp3) is 0.154. The highest BCUT2D eigenvalue weighted by Crippen LogP contribution is 2.22. The second-order valence-corrected chi connectivity index (χ2v) is 5.41. The molecule has 0 aliphatic heterocycles. The molecule has 1 atom stereocenters. The number of nitrogens with zero attached hydrogens (tertiary/aromatic N) is 4. The van der Waals surface area contributed by atoms with Crippen LogP contribution in [0.2, 0.25) is 0 Å². The minimum absolute atomic E-state index is 0.302. The van der Waals surface area contributed by atoms with E-state index in [1.807, 2.05) is 18.2 Å². The lowest BCUT2D eigenvalue weighted by Crippen LogP contribution is -2.03. The molecule has 0 radical (unpaired) electrons. The van der Waals surface area contributed by atoms with Crippen molar-refractivity contribution in [2.45, 2.75) is 5.16 Å². The molecule has 0 spiro atoms. The van der Waals surface area contributed by atoms with E-state index in [0.717, 1.165) is 16.8 Å². The van der Waals surface area contributed by atoms with Crippen molar-refractivity contribution in [1.82, 2.24) is 19.6 Å². The summed E-state index contributed by atoms with van der Waals surface area (Å²) >= 11 is 0. The van der Waals surface area contributed by atoms with Gasteiger partial charge < -0.3 is 4.74 Å². The van der Waals surface area contributed by atoms with Crippen molar-refractivity contribution in [3.8, 4) is 17.1 Å². The molecule has 3 heterocycles. The van der Waals surface area contributed by atoms with Crippen molar-refractivity contribution in [2.75, 3.05) is 13.4 Å². The number of ether oxygens (including phenoxy) is 1. The molecule has 1 unspecified atom stereocenters. The van der Waals surface area contributed by atoms with Crippen LogP contribution in [-0.4, -0.2) is 37.2 Å². The number of hydrogen-bond donors (Lipinski definition) is 0. The first-order valence-electron chi connectivity index (χ1n) is 5.87. The SMILES string of the molecule is COc1ccc(-c2ccc3cnc(S(C)=O)nn23)cn1. The van der Waals surface area contributed by atoms with Gasteiger partial charge in [0, 0.05) is 24.1 Å². The Balaban J connectivity index is 2.14. The van der Waals surface area contributed by atoms with Crippen LogP contribution in [0.4, 0.5) is 0 Å². The van der Waals surface area contributed by atoms with Crippen molar-refractivity contribution in [1.29, 1.82) is 0 Å². The molecule has 102 valence electrons. The zero-order chi connectivity index (χ0) is 14.1. The van der Waals surface area contributed by atoms with Gasteiger partial charge >= 0.3 is 0 Å². The van der Waals surface area contributed by atoms with Crippen molar-refractivity contribution >= 4 is 16.3 Å². The highest BCUT2D eigenvalue weighted by molar-refractivity contribution is 7.84. The topological polar surface area (TPSA) is 69.4 Å². The number of pyridine rings is 1. The molecular weight excluding hydrogens is 276 g/mol. The van der Waals surface area contributed by atoms with Gasteiger partial charge in [-0.1, -0.05) is 0 Å². The molecule has 0 fully saturated rings. The Morgan fingerprint density at radius 1 is 1.15 bits per heavy atom. The first kappa shape index (κ1) is 12.7. The van der Waals surface area contributed by atoms with Gasteiger partial charge in [-0.05, 0) is 18.2 Å². The third kappa shape index (κ3) is 2.16. The molecule has 0 amide bonds. The summed E-state index contributed by atoms with van der Waals surface area (Å²) in [6.45, 7) is 0. The van der Waals surface area contributed by atoms with Gasteiger partial charge in [0.15, 0.2) is 0 Å². The summed E-state index contributed by atoms with van der Waals surface area (Å²) in [5, 5.41) is 4.60. The van der Waals surface area contributed by atoms with E-state index in [1.165, 1.54) is 0 Å². The Morgan fingerprint density at radius 2 is 2.00 bits per heavy atom. The zero-order valence-electron chi connectivity index (χ0n) is 11.0. The molecule has 0 saturated heterocycles. The monoisotopic (exact) mass is 288 g/mol. The summed E-state index contributed by atoms with van der Waals surface area (Å²) in [6.07, 6.45) is 4.93. The van der Waals surface area contributed by atoms with Gasteiger partial charge in [0.25, 0.3) is 0 Å². The van der Waals surface area contributed by atoms with Crippen LogP contribution in [0, 0.1) is 0 Å². The molecule has 0 aliphatic carbocycles. The molecule has 20 heavy (non-hydrogen) atoms. The lowest BCUT2D eigenvalue weighted by Gasteiger charge is -2.04. The lowest BCUT2D eigenvalue weighted by molar-refractivity contribution is 0.398. The third-order valence-electron chi connectivity index (χ3n) is 2.88. The first-order chi connectivity index (χ1) is 9.69. The second-order valence-electron chi connectivity index (χ2n) is 4.14. The lowest BCUT2D eigenvalue weighted by atomic mass is 10.2. The summed E-state index contributed by atoms with van der Waals surface area (Å²) < 4.78 is 18.2.